The minimum atomic E-state index is -0.0798. The van der Waals surface area contributed by atoms with Crippen molar-refractivity contribution in [2.45, 2.75) is 52.5 Å². The zero-order valence-corrected chi connectivity index (χ0v) is 15.6. The number of aromatic nitrogens is 2. The predicted octanol–water partition coefficient (Wildman–Crippen LogP) is 3.26. The molecule has 1 aliphatic heterocycles. The minimum absolute atomic E-state index is 0.0798. The summed E-state index contributed by atoms with van der Waals surface area (Å²) in [7, 11) is 0. The Balaban J connectivity index is 1.81. The van der Waals surface area contributed by atoms with Crippen LogP contribution >= 0.6 is 11.6 Å². The molecule has 0 atom stereocenters. The highest BCUT2D eigenvalue weighted by atomic mass is 35.5. The van der Waals surface area contributed by atoms with E-state index in [0.29, 0.717) is 11.7 Å². The number of carbonyl (C=O) groups is 1. The molecule has 2 heterocycles. The fraction of sp³-hybridized carbons (Fsp3) is 0.667. The highest BCUT2D eigenvalue weighted by molar-refractivity contribution is 6.31. The van der Waals surface area contributed by atoms with E-state index in [1.54, 1.807) is 12.2 Å². The Morgan fingerprint density at radius 1 is 1.29 bits per heavy atom. The van der Waals surface area contributed by atoms with Crippen molar-refractivity contribution in [3.63, 3.8) is 0 Å². The van der Waals surface area contributed by atoms with Crippen molar-refractivity contribution < 1.29 is 4.79 Å². The number of nitrogens with one attached hydrogen (secondary N) is 1. The highest BCUT2D eigenvalue weighted by Gasteiger charge is 2.11. The molecular formula is C18H29ClN4O. The third-order valence-corrected chi connectivity index (χ3v) is 4.81. The lowest BCUT2D eigenvalue weighted by Gasteiger charge is -2.26. The van der Waals surface area contributed by atoms with E-state index in [9.17, 15) is 4.79 Å². The molecule has 1 aromatic rings. The third-order valence-electron chi connectivity index (χ3n) is 4.41. The first kappa shape index (κ1) is 19.0. The fourth-order valence-corrected chi connectivity index (χ4v) is 3.27. The number of likely N-dealkylation sites (tertiary alicyclic amines) is 1. The molecule has 0 aliphatic carbocycles. The molecule has 6 heteroatoms. The van der Waals surface area contributed by atoms with Crippen LogP contribution in [0.4, 0.5) is 0 Å². The summed E-state index contributed by atoms with van der Waals surface area (Å²) in [5, 5.41) is 8.00. The van der Waals surface area contributed by atoms with Gasteiger partial charge in [0.25, 0.3) is 0 Å². The second kappa shape index (κ2) is 9.84. The first-order valence-corrected chi connectivity index (χ1v) is 9.40. The molecule has 1 amide bonds. The Kier molecular flexibility index (Phi) is 7.79. The average molecular weight is 353 g/mol. The normalized spacial score (nSPS) is 16.0. The molecule has 0 radical (unpaired) electrons. The number of hydrogen-bond donors (Lipinski definition) is 1. The first-order valence-electron chi connectivity index (χ1n) is 9.03. The Hall–Kier alpha value is -1.33. The minimum Gasteiger partial charge on any atom is -0.351 e. The summed E-state index contributed by atoms with van der Waals surface area (Å²) in [6, 6.07) is 0. The SMILES string of the molecule is CCCCn1nc(C)c(C=CC(=O)NCCN2CCCCC2)c1Cl. The van der Waals surface area contributed by atoms with Crippen LogP contribution in [0.3, 0.4) is 0 Å². The smallest absolute Gasteiger partial charge is 0.244 e. The summed E-state index contributed by atoms with van der Waals surface area (Å²) in [6.45, 7) is 8.78. The molecule has 5 nitrogen and oxygen atoms in total. The van der Waals surface area contributed by atoms with Crippen LogP contribution < -0.4 is 5.32 Å². The van der Waals surface area contributed by atoms with E-state index in [4.69, 9.17) is 11.6 Å². The summed E-state index contributed by atoms with van der Waals surface area (Å²) in [6.07, 6.45) is 9.33. The molecule has 0 saturated carbocycles. The van der Waals surface area contributed by atoms with Crippen LogP contribution in [0.15, 0.2) is 6.08 Å². The van der Waals surface area contributed by atoms with Crippen molar-refractivity contribution in [2.75, 3.05) is 26.2 Å². The molecule has 1 aliphatic rings. The van der Waals surface area contributed by atoms with Gasteiger partial charge in [-0.2, -0.15) is 5.10 Å². The lowest BCUT2D eigenvalue weighted by atomic mass is 10.1. The summed E-state index contributed by atoms with van der Waals surface area (Å²) in [5.74, 6) is -0.0798. The second-order valence-electron chi connectivity index (χ2n) is 6.39. The van der Waals surface area contributed by atoms with Crippen LogP contribution in [0, 0.1) is 6.92 Å². The van der Waals surface area contributed by atoms with Crippen molar-refractivity contribution in [2.24, 2.45) is 0 Å². The average Bonchev–Trinajstić information content (AvgIpc) is 2.85. The Morgan fingerprint density at radius 2 is 2.04 bits per heavy atom. The van der Waals surface area contributed by atoms with Crippen LogP contribution in [-0.2, 0) is 11.3 Å². The van der Waals surface area contributed by atoms with Gasteiger partial charge in [0.1, 0.15) is 5.15 Å². The maximum Gasteiger partial charge on any atom is 0.244 e. The van der Waals surface area contributed by atoms with Crippen molar-refractivity contribution in [3.8, 4) is 0 Å². The standard InChI is InChI=1S/C18H29ClN4O/c1-3-4-13-23-18(19)16(15(2)21-23)8-9-17(24)20-10-14-22-11-6-5-7-12-22/h8-9H,3-7,10-14H2,1-2H3,(H,20,24). The number of aryl methyl sites for hydroxylation is 2. The van der Waals surface area contributed by atoms with E-state index in [1.165, 1.54) is 19.3 Å². The first-order chi connectivity index (χ1) is 11.6. The van der Waals surface area contributed by atoms with Gasteiger partial charge in [-0.1, -0.05) is 31.4 Å². The molecule has 24 heavy (non-hydrogen) atoms. The van der Waals surface area contributed by atoms with Gasteiger partial charge in [0.2, 0.25) is 5.91 Å². The zero-order chi connectivity index (χ0) is 17.4. The van der Waals surface area contributed by atoms with Crippen molar-refractivity contribution >= 4 is 23.6 Å². The predicted molar refractivity (Wildman–Crippen MR) is 99.2 cm³/mol. The number of unbranched alkanes of at least 4 members (excludes halogenated alkanes) is 1. The van der Waals surface area contributed by atoms with E-state index in [1.807, 2.05) is 11.6 Å². The number of halogens is 1. The van der Waals surface area contributed by atoms with Gasteiger partial charge in [-0.25, -0.2) is 0 Å². The van der Waals surface area contributed by atoms with Crippen molar-refractivity contribution in [3.05, 3.63) is 22.5 Å². The van der Waals surface area contributed by atoms with E-state index >= 15 is 0 Å². The summed E-state index contributed by atoms with van der Waals surface area (Å²) >= 11 is 6.37. The van der Waals surface area contributed by atoms with Gasteiger partial charge in [-0.3, -0.25) is 9.48 Å². The van der Waals surface area contributed by atoms with Gasteiger partial charge in [-0.15, -0.1) is 0 Å². The van der Waals surface area contributed by atoms with Gasteiger partial charge < -0.3 is 10.2 Å². The van der Waals surface area contributed by atoms with Gasteiger partial charge in [-0.05, 0) is 45.4 Å². The summed E-state index contributed by atoms with van der Waals surface area (Å²) in [4.78, 5) is 14.4. The molecule has 1 aromatic heterocycles. The van der Waals surface area contributed by atoms with E-state index in [0.717, 1.165) is 50.3 Å². The number of piperidine rings is 1. The molecule has 1 saturated heterocycles. The Bertz CT molecular complexity index is 562. The molecular weight excluding hydrogens is 324 g/mol. The lowest BCUT2D eigenvalue weighted by Crippen LogP contribution is -2.37. The van der Waals surface area contributed by atoms with Crippen molar-refractivity contribution in [1.82, 2.24) is 20.0 Å². The summed E-state index contributed by atoms with van der Waals surface area (Å²) < 4.78 is 1.81. The van der Waals surface area contributed by atoms with E-state index < -0.39 is 0 Å². The molecule has 0 aromatic carbocycles. The Morgan fingerprint density at radius 3 is 2.75 bits per heavy atom. The quantitative estimate of drug-likeness (QED) is 0.730. The van der Waals surface area contributed by atoms with Crippen LogP contribution in [-0.4, -0.2) is 46.8 Å². The van der Waals surface area contributed by atoms with E-state index in [2.05, 4.69) is 22.2 Å². The number of rotatable bonds is 8. The molecule has 0 bridgehead atoms. The zero-order valence-electron chi connectivity index (χ0n) is 14.9. The Labute approximate surface area is 150 Å². The van der Waals surface area contributed by atoms with E-state index in [-0.39, 0.29) is 5.91 Å². The van der Waals surface area contributed by atoms with Gasteiger partial charge >= 0.3 is 0 Å². The largest absolute Gasteiger partial charge is 0.351 e. The summed E-state index contributed by atoms with van der Waals surface area (Å²) in [5.41, 5.74) is 1.69. The monoisotopic (exact) mass is 352 g/mol. The molecule has 0 unspecified atom stereocenters. The molecule has 1 fully saturated rings. The number of nitrogens with zero attached hydrogens (tertiary/aromatic N) is 3. The van der Waals surface area contributed by atoms with Crippen LogP contribution in [0.2, 0.25) is 5.15 Å². The second-order valence-corrected chi connectivity index (χ2v) is 6.75. The van der Waals surface area contributed by atoms with Crippen LogP contribution in [0.5, 0.6) is 0 Å². The third kappa shape index (κ3) is 5.64. The maximum atomic E-state index is 12.0. The molecule has 134 valence electrons. The van der Waals surface area contributed by atoms with Gasteiger partial charge in [0.05, 0.1) is 5.69 Å². The van der Waals surface area contributed by atoms with Gasteiger partial charge in [0, 0.05) is 31.3 Å². The van der Waals surface area contributed by atoms with Crippen LogP contribution in [0.25, 0.3) is 6.08 Å². The molecule has 1 N–H and O–H groups in total. The molecule has 0 spiro atoms. The van der Waals surface area contributed by atoms with Gasteiger partial charge in [0.15, 0.2) is 0 Å². The van der Waals surface area contributed by atoms with Crippen molar-refractivity contribution in [1.29, 1.82) is 0 Å². The molecule has 2 rings (SSSR count). The lowest BCUT2D eigenvalue weighted by molar-refractivity contribution is -0.116. The number of amides is 1. The number of carbonyl (C=O) groups excluding carboxylic acids is 1. The highest BCUT2D eigenvalue weighted by Crippen LogP contribution is 2.21. The number of hydrogen-bond acceptors (Lipinski definition) is 3. The fourth-order valence-electron chi connectivity index (χ4n) is 2.95. The topological polar surface area (TPSA) is 50.2 Å². The maximum absolute atomic E-state index is 12.0. The van der Waals surface area contributed by atoms with Crippen LogP contribution in [0.1, 0.15) is 50.3 Å².